The van der Waals surface area contributed by atoms with Crippen molar-refractivity contribution >= 4 is 17.0 Å². The van der Waals surface area contributed by atoms with Crippen LogP contribution in [0.3, 0.4) is 0 Å². The molecular weight excluding hydrogens is 278 g/mol. The smallest absolute Gasteiger partial charge is 0.192 e. The third-order valence-corrected chi connectivity index (χ3v) is 5.01. The molecule has 1 aromatic heterocycles. The van der Waals surface area contributed by atoms with E-state index in [1.807, 2.05) is 11.4 Å². The van der Waals surface area contributed by atoms with E-state index in [0.717, 1.165) is 36.2 Å². The fourth-order valence-electron chi connectivity index (χ4n) is 2.95. The lowest BCUT2D eigenvalue weighted by molar-refractivity contribution is -0.177. The lowest BCUT2D eigenvalue weighted by Gasteiger charge is -2.36. The van der Waals surface area contributed by atoms with Gasteiger partial charge in [-0.25, -0.2) is 0 Å². The summed E-state index contributed by atoms with van der Waals surface area (Å²) in [5, 5.41) is 15.3. The number of nitrogens with one attached hydrogen (secondary N) is 1. The summed E-state index contributed by atoms with van der Waals surface area (Å²) in [5.74, 6) is -0.318. The van der Waals surface area contributed by atoms with Crippen LogP contribution in [-0.4, -0.2) is 37.3 Å². The maximum Gasteiger partial charge on any atom is 0.192 e. The van der Waals surface area contributed by atoms with E-state index >= 15 is 0 Å². The molecule has 112 valence electrons. The van der Waals surface area contributed by atoms with Crippen molar-refractivity contribution in [1.82, 2.24) is 0 Å². The number of aliphatic hydroxyl groups is 1. The van der Waals surface area contributed by atoms with E-state index in [-0.39, 0.29) is 5.79 Å². The van der Waals surface area contributed by atoms with Crippen LogP contribution in [0.2, 0.25) is 0 Å². The summed E-state index contributed by atoms with van der Waals surface area (Å²) in [7, 11) is 1.51. The summed E-state index contributed by atoms with van der Waals surface area (Å²) in [6.45, 7) is 1.43. The Hall–Kier alpha value is -0.660. The van der Waals surface area contributed by atoms with Crippen LogP contribution in [0.4, 0.5) is 5.69 Å². The summed E-state index contributed by atoms with van der Waals surface area (Å²) in [6.07, 6.45) is 3.03. The van der Waals surface area contributed by atoms with Crippen LogP contribution in [0.5, 0.6) is 0 Å². The van der Waals surface area contributed by atoms with E-state index in [0.29, 0.717) is 19.3 Å². The third kappa shape index (κ3) is 2.84. The Labute approximate surface area is 122 Å². The van der Waals surface area contributed by atoms with Crippen molar-refractivity contribution in [3.05, 3.63) is 16.3 Å². The summed E-state index contributed by atoms with van der Waals surface area (Å²) in [4.78, 5) is 0.834. The van der Waals surface area contributed by atoms with E-state index in [1.165, 1.54) is 18.4 Å². The van der Waals surface area contributed by atoms with E-state index < -0.39 is 6.29 Å². The molecule has 1 saturated carbocycles. The van der Waals surface area contributed by atoms with Crippen LogP contribution in [0.25, 0.3) is 0 Å². The molecule has 1 aliphatic heterocycles. The maximum atomic E-state index is 9.80. The number of aliphatic hydroxyl groups excluding tert-OH is 1. The molecular formula is C14H21NO4S. The molecule has 0 aromatic carbocycles. The molecule has 6 heteroatoms. The molecule has 3 rings (SSSR count). The standard InChI is InChI=1S/C14H21NO4S/c1-17-13(16)12-11(4-9-20-12)15-10-2-5-14(6-3-10)18-7-8-19-14/h4,9-10,13,15-16H,2-3,5-8H2,1H3. The van der Waals surface area contributed by atoms with Crippen LogP contribution in [0.1, 0.15) is 36.9 Å². The highest BCUT2D eigenvalue weighted by Crippen LogP contribution is 2.38. The molecule has 20 heavy (non-hydrogen) atoms. The minimum atomic E-state index is -0.853. The highest BCUT2D eigenvalue weighted by Gasteiger charge is 2.40. The van der Waals surface area contributed by atoms with Gasteiger partial charge in [0.1, 0.15) is 0 Å². The predicted octanol–water partition coefficient (Wildman–Crippen LogP) is 2.48. The fourth-order valence-corrected chi connectivity index (χ4v) is 3.76. The molecule has 2 fully saturated rings. The first-order valence-corrected chi connectivity index (χ1v) is 7.93. The van der Waals surface area contributed by atoms with Gasteiger partial charge in [-0.1, -0.05) is 0 Å². The normalized spacial score (nSPS) is 24.1. The van der Waals surface area contributed by atoms with Crippen molar-refractivity contribution in [3.8, 4) is 0 Å². The molecule has 1 aliphatic carbocycles. The number of ether oxygens (including phenoxy) is 3. The minimum absolute atomic E-state index is 0.318. The molecule has 0 radical (unpaired) electrons. The minimum Gasteiger partial charge on any atom is -0.381 e. The molecule has 1 atom stereocenters. The average molecular weight is 299 g/mol. The summed E-state index contributed by atoms with van der Waals surface area (Å²) in [5.41, 5.74) is 0.971. The molecule has 0 amide bonds. The van der Waals surface area contributed by atoms with Gasteiger partial charge in [0.25, 0.3) is 0 Å². The zero-order valence-corrected chi connectivity index (χ0v) is 12.4. The second-order valence-corrected chi connectivity index (χ2v) is 6.26. The highest BCUT2D eigenvalue weighted by molar-refractivity contribution is 7.10. The number of hydrogen-bond acceptors (Lipinski definition) is 6. The van der Waals surface area contributed by atoms with Crippen molar-refractivity contribution in [2.24, 2.45) is 0 Å². The Morgan fingerprint density at radius 2 is 2.10 bits per heavy atom. The van der Waals surface area contributed by atoms with Gasteiger partial charge in [-0.05, 0) is 24.3 Å². The molecule has 2 heterocycles. The second kappa shape index (κ2) is 5.99. The quantitative estimate of drug-likeness (QED) is 0.837. The SMILES string of the molecule is COC(O)c1sccc1NC1CCC2(CC1)OCCO2. The summed E-state index contributed by atoms with van der Waals surface area (Å²) >= 11 is 1.50. The topological polar surface area (TPSA) is 60.0 Å². The van der Waals surface area contributed by atoms with Crippen LogP contribution < -0.4 is 5.32 Å². The number of thiophene rings is 1. The summed E-state index contributed by atoms with van der Waals surface area (Å²) in [6, 6.07) is 2.39. The predicted molar refractivity (Wildman–Crippen MR) is 76.8 cm³/mol. The van der Waals surface area contributed by atoms with Crippen LogP contribution in [0.15, 0.2) is 11.4 Å². The zero-order valence-electron chi connectivity index (χ0n) is 11.6. The van der Waals surface area contributed by atoms with Gasteiger partial charge in [0, 0.05) is 26.0 Å². The van der Waals surface area contributed by atoms with E-state index in [2.05, 4.69) is 5.32 Å². The number of anilines is 1. The first-order valence-electron chi connectivity index (χ1n) is 7.05. The van der Waals surface area contributed by atoms with E-state index in [4.69, 9.17) is 14.2 Å². The van der Waals surface area contributed by atoms with E-state index in [1.54, 1.807) is 0 Å². The van der Waals surface area contributed by atoms with Gasteiger partial charge in [-0.3, -0.25) is 0 Å². The number of rotatable bonds is 4. The second-order valence-electron chi connectivity index (χ2n) is 5.31. The maximum absolute atomic E-state index is 9.80. The van der Waals surface area contributed by atoms with Crippen molar-refractivity contribution in [2.45, 2.75) is 43.8 Å². The Balaban J connectivity index is 1.58. The zero-order chi connectivity index (χ0) is 14.0. The van der Waals surface area contributed by atoms with Gasteiger partial charge in [-0.2, -0.15) is 0 Å². The molecule has 2 N–H and O–H groups in total. The first-order chi connectivity index (χ1) is 9.72. The molecule has 1 aromatic rings. The molecule has 0 bridgehead atoms. The Kier molecular flexibility index (Phi) is 4.28. The largest absolute Gasteiger partial charge is 0.381 e. The van der Waals surface area contributed by atoms with Gasteiger partial charge in [-0.15, -0.1) is 11.3 Å². The van der Waals surface area contributed by atoms with Crippen molar-refractivity contribution in [1.29, 1.82) is 0 Å². The Morgan fingerprint density at radius 1 is 1.40 bits per heavy atom. The number of hydrogen-bond donors (Lipinski definition) is 2. The van der Waals surface area contributed by atoms with Gasteiger partial charge in [0.2, 0.25) is 0 Å². The van der Waals surface area contributed by atoms with Crippen LogP contribution >= 0.6 is 11.3 Å². The average Bonchev–Trinajstić information content (AvgIpc) is 3.11. The highest BCUT2D eigenvalue weighted by atomic mass is 32.1. The molecule has 5 nitrogen and oxygen atoms in total. The van der Waals surface area contributed by atoms with E-state index in [9.17, 15) is 5.11 Å². The molecule has 1 saturated heterocycles. The lowest BCUT2D eigenvalue weighted by Crippen LogP contribution is -2.39. The van der Waals surface area contributed by atoms with Gasteiger partial charge in [0.05, 0.1) is 23.8 Å². The van der Waals surface area contributed by atoms with Gasteiger partial charge >= 0.3 is 0 Å². The molecule has 1 spiro atoms. The number of methoxy groups -OCH3 is 1. The summed E-state index contributed by atoms with van der Waals surface area (Å²) < 4.78 is 16.5. The van der Waals surface area contributed by atoms with Crippen molar-refractivity contribution in [2.75, 3.05) is 25.6 Å². The third-order valence-electron chi connectivity index (χ3n) is 4.06. The Morgan fingerprint density at radius 3 is 2.75 bits per heavy atom. The van der Waals surface area contributed by atoms with Crippen molar-refractivity contribution < 1.29 is 19.3 Å². The Bertz CT molecular complexity index is 434. The molecule has 1 unspecified atom stereocenters. The lowest BCUT2D eigenvalue weighted by atomic mass is 9.90. The fraction of sp³-hybridized carbons (Fsp3) is 0.714. The first kappa shape index (κ1) is 14.3. The van der Waals surface area contributed by atoms with Crippen LogP contribution in [-0.2, 0) is 14.2 Å². The van der Waals surface area contributed by atoms with Crippen LogP contribution in [0, 0.1) is 0 Å². The monoisotopic (exact) mass is 299 g/mol. The van der Waals surface area contributed by atoms with Gasteiger partial charge < -0.3 is 24.6 Å². The van der Waals surface area contributed by atoms with Gasteiger partial charge in [0.15, 0.2) is 12.1 Å². The molecule has 2 aliphatic rings. The van der Waals surface area contributed by atoms with Crippen molar-refractivity contribution in [3.63, 3.8) is 0 Å².